The predicted octanol–water partition coefficient (Wildman–Crippen LogP) is 0.849. The largest absolute Gasteiger partial charge is 0.496 e. The Hall–Kier alpha value is -1.82. The molecule has 16 heavy (non-hydrogen) atoms. The maximum atomic E-state index is 13.0. The van der Waals surface area contributed by atoms with Crippen molar-refractivity contribution in [3.05, 3.63) is 29.6 Å². The quantitative estimate of drug-likeness (QED) is 0.457. The van der Waals surface area contributed by atoms with E-state index in [1.54, 1.807) is 7.05 Å². The molecule has 88 valence electrons. The van der Waals surface area contributed by atoms with Crippen molar-refractivity contribution < 1.29 is 13.9 Å². The fourth-order valence-electron chi connectivity index (χ4n) is 1.31. The monoisotopic (exact) mass is 227 g/mol. The van der Waals surface area contributed by atoms with Crippen LogP contribution in [-0.4, -0.2) is 25.1 Å². The van der Waals surface area contributed by atoms with Crippen molar-refractivity contribution in [1.82, 2.24) is 10.3 Å². The van der Waals surface area contributed by atoms with Gasteiger partial charge in [0.15, 0.2) is 0 Å². The van der Waals surface area contributed by atoms with Crippen LogP contribution in [0.4, 0.5) is 9.18 Å². The van der Waals surface area contributed by atoms with Crippen LogP contribution in [0.5, 0.6) is 5.75 Å². The molecule has 0 aliphatic heterocycles. The molecule has 0 bridgehead atoms. The average Bonchev–Trinajstić information content (AvgIpc) is 2.28. The van der Waals surface area contributed by atoms with Gasteiger partial charge < -0.3 is 9.64 Å². The standard InChI is InChI=1S/C10H14FN3O2/c1-14(10(15)13-12)6-7-5-8(11)3-4-9(7)16-2/h3-5H,6,12H2,1-2H3,(H,13,15). The van der Waals surface area contributed by atoms with Crippen LogP contribution in [0.1, 0.15) is 5.56 Å². The second kappa shape index (κ2) is 5.32. The Kier molecular flexibility index (Phi) is 4.07. The van der Waals surface area contributed by atoms with E-state index in [0.29, 0.717) is 11.3 Å². The van der Waals surface area contributed by atoms with Gasteiger partial charge in [0.1, 0.15) is 11.6 Å². The van der Waals surface area contributed by atoms with Crippen molar-refractivity contribution in [2.24, 2.45) is 5.84 Å². The number of ether oxygens (including phenoxy) is 1. The summed E-state index contributed by atoms with van der Waals surface area (Å²) in [6.45, 7) is 0.212. The maximum absolute atomic E-state index is 13.0. The third-order valence-electron chi connectivity index (χ3n) is 2.12. The number of hydrogen-bond acceptors (Lipinski definition) is 3. The molecule has 1 aromatic carbocycles. The molecule has 0 atom stereocenters. The van der Waals surface area contributed by atoms with Crippen molar-refractivity contribution in [2.45, 2.75) is 6.54 Å². The van der Waals surface area contributed by atoms with Gasteiger partial charge in [0, 0.05) is 12.6 Å². The number of hydrazine groups is 1. The van der Waals surface area contributed by atoms with E-state index in [4.69, 9.17) is 10.6 Å². The highest BCUT2D eigenvalue weighted by Gasteiger charge is 2.11. The summed E-state index contributed by atoms with van der Waals surface area (Å²) >= 11 is 0. The van der Waals surface area contributed by atoms with Gasteiger partial charge in [-0.25, -0.2) is 15.0 Å². The zero-order chi connectivity index (χ0) is 12.1. The number of halogens is 1. The van der Waals surface area contributed by atoms with Crippen molar-refractivity contribution in [2.75, 3.05) is 14.2 Å². The first-order chi connectivity index (χ1) is 7.58. The average molecular weight is 227 g/mol. The Morgan fingerprint density at radius 1 is 1.62 bits per heavy atom. The van der Waals surface area contributed by atoms with Gasteiger partial charge in [0.05, 0.1) is 13.7 Å². The van der Waals surface area contributed by atoms with Crippen molar-refractivity contribution >= 4 is 6.03 Å². The van der Waals surface area contributed by atoms with E-state index in [2.05, 4.69) is 0 Å². The highest BCUT2D eigenvalue weighted by atomic mass is 19.1. The van der Waals surface area contributed by atoms with Gasteiger partial charge >= 0.3 is 6.03 Å². The molecule has 0 saturated carbocycles. The van der Waals surface area contributed by atoms with E-state index in [1.165, 1.54) is 30.2 Å². The molecular formula is C10H14FN3O2. The molecule has 6 heteroatoms. The summed E-state index contributed by atoms with van der Waals surface area (Å²) in [5, 5.41) is 0. The smallest absolute Gasteiger partial charge is 0.331 e. The number of benzene rings is 1. The number of carbonyl (C=O) groups excluding carboxylic acids is 1. The highest BCUT2D eigenvalue weighted by molar-refractivity contribution is 5.73. The molecule has 3 N–H and O–H groups in total. The number of rotatable bonds is 3. The lowest BCUT2D eigenvalue weighted by Crippen LogP contribution is -2.40. The predicted molar refractivity (Wildman–Crippen MR) is 57.1 cm³/mol. The van der Waals surface area contributed by atoms with Gasteiger partial charge in [-0.3, -0.25) is 5.43 Å². The van der Waals surface area contributed by atoms with E-state index in [-0.39, 0.29) is 12.4 Å². The minimum absolute atomic E-state index is 0.212. The van der Waals surface area contributed by atoms with E-state index in [1.807, 2.05) is 5.43 Å². The summed E-state index contributed by atoms with van der Waals surface area (Å²) in [6, 6.07) is 3.68. The molecule has 0 fully saturated rings. The number of amides is 2. The SMILES string of the molecule is COc1ccc(F)cc1CN(C)C(=O)NN. The zero-order valence-electron chi connectivity index (χ0n) is 9.16. The lowest BCUT2D eigenvalue weighted by atomic mass is 10.2. The van der Waals surface area contributed by atoms with Crippen LogP contribution in [0.15, 0.2) is 18.2 Å². The highest BCUT2D eigenvalue weighted by Crippen LogP contribution is 2.20. The Bertz CT molecular complexity index is 384. The minimum Gasteiger partial charge on any atom is -0.496 e. The molecule has 1 aromatic rings. The van der Waals surface area contributed by atoms with Gasteiger partial charge in [-0.1, -0.05) is 0 Å². The van der Waals surface area contributed by atoms with Crippen molar-refractivity contribution in [3.63, 3.8) is 0 Å². The molecule has 0 unspecified atom stereocenters. The van der Waals surface area contributed by atoms with Gasteiger partial charge in [-0.05, 0) is 18.2 Å². The van der Waals surface area contributed by atoms with Crippen LogP contribution < -0.4 is 16.0 Å². The normalized spacial score (nSPS) is 9.75. The summed E-state index contributed by atoms with van der Waals surface area (Å²) in [6.07, 6.45) is 0. The molecule has 0 saturated heterocycles. The number of nitrogens with one attached hydrogen (secondary N) is 1. The van der Waals surface area contributed by atoms with E-state index in [9.17, 15) is 9.18 Å². The Morgan fingerprint density at radius 3 is 2.88 bits per heavy atom. The molecule has 2 amide bonds. The van der Waals surface area contributed by atoms with Crippen LogP contribution in [0.3, 0.4) is 0 Å². The molecule has 0 aromatic heterocycles. The first kappa shape index (κ1) is 12.3. The summed E-state index contributed by atoms with van der Waals surface area (Å²) in [5.74, 6) is 5.13. The summed E-state index contributed by atoms with van der Waals surface area (Å²) in [7, 11) is 3.03. The number of hydrogen-bond donors (Lipinski definition) is 2. The summed E-state index contributed by atoms with van der Waals surface area (Å²) in [5.41, 5.74) is 2.57. The Balaban J connectivity index is 2.86. The first-order valence-corrected chi connectivity index (χ1v) is 4.62. The topological polar surface area (TPSA) is 67.6 Å². The fraction of sp³-hybridized carbons (Fsp3) is 0.300. The van der Waals surface area contributed by atoms with E-state index < -0.39 is 6.03 Å². The summed E-state index contributed by atoms with van der Waals surface area (Å²) in [4.78, 5) is 12.5. The Morgan fingerprint density at radius 2 is 2.31 bits per heavy atom. The van der Waals surface area contributed by atoms with E-state index in [0.717, 1.165) is 0 Å². The number of nitrogens with two attached hydrogens (primary N) is 1. The molecular weight excluding hydrogens is 213 g/mol. The summed E-state index contributed by atoms with van der Waals surface area (Å²) < 4.78 is 18.1. The fourth-order valence-corrected chi connectivity index (χ4v) is 1.31. The first-order valence-electron chi connectivity index (χ1n) is 4.62. The molecule has 0 aliphatic rings. The van der Waals surface area contributed by atoms with Crippen LogP contribution in [0, 0.1) is 5.82 Å². The molecule has 0 radical (unpaired) electrons. The molecule has 0 heterocycles. The molecule has 1 rings (SSSR count). The third-order valence-corrected chi connectivity index (χ3v) is 2.12. The zero-order valence-corrected chi connectivity index (χ0v) is 9.16. The lowest BCUT2D eigenvalue weighted by molar-refractivity contribution is 0.206. The molecule has 0 aliphatic carbocycles. The van der Waals surface area contributed by atoms with Crippen molar-refractivity contribution in [1.29, 1.82) is 0 Å². The maximum Gasteiger partial charge on any atom is 0.331 e. The van der Waals surface area contributed by atoms with Crippen LogP contribution in [0.2, 0.25) is 0 Å². The van der Waals surface area contributed by atoms with Crippen LogP contribution >= 0.6 is 0 Å². The number of urea groups is 1. The van der Waals surface area contributed by atoms with E-state index >= 15 is 0 Å². The molecule has 0 spiro atoms. The van der Waals surface area contributed by atoms with Crippen molar-refractivity contribution in [3.8, 4) is 5.75 Å². The van der Waals surface area contributed by atoms with Crippen LogP contribution in [0.25, 0.3) is 0 Å². The van der Waals surface area contributed by atoms with Gasteiger partial charge in [-0.15, -0.1) is 0 Å². The van der Waals surface area contributed by atoms with Gasteiger partial charge in [0.25, 0.3) is 0 Å². The second-order valence-corrected chi connectivity index (χ2v) is 3.26. The second-order valence-electron chi connectivity index (χ2n) is 3.26. The van der Waals surface area contributed by atoms with Gasteiger partial charge in [-0.2, -0.15) is 0 Å². The number of methoxy groups -OCH3 is 1. The Labute approximate surface area is 93.0 Å². The number of nitrogens with zero attached hydrogens (tertiary/aromatic N) is 1. The molecule has 5 nitrogen and oxygen atoms in total. The van der Waals surface area contributed by atoms with Crippen LogP contribution in [-0.2, 0) is 6.54 Å². The lowest BCUT2D eigenvalue weighted by Gasteiger charge is -2.17. The minimum atomic E-state index is -0.452. The van der Waals surface area contributed by atoms with Gasteiger partial charge in [0.2, 0.25) is 0 Å². The number of carbonyl (C=O) groups is 1. The third kappa shape index (κ3) is 2.83.